The minimum Gasteiger partial charge on any atom is -0.373 e. The lowest BCUT2D eigenvalue weighted by molar-refractivity contribution is -0.117. The fourth-order valence-corrected chi connectivity index (χ4v) is 2.74. The molecule has 0 spiro atoms. The summed E-state index contributed by atoms with van der Waals surface area (Å²) in [5, 5.41) is 0. The highest BCUT2D eigenvalue weighted by Gasteiger charge is 2.29. The Bertz CT molecular complexity index is 606. The van der Waals surface area contributed by atoms with Crippen molar-refractivity contribution in [2.75, 3.05) is 13.6 Å². The van der Waals surface area contributed by atoms with Gasteiger partial charge in [0.05, 0.1) is 0 Å². The second-order valence-electron chi connectivity index (χ2n) is 6.70. The summed E-state index contributed by atoms with van der Waals surface area (Å²) in [6, 6.07) is 0. The van der Waals surface area contributed by atoms with Crippen LogP contribution in [0.4, 0.5) is 0 Å². The van der Waals surface area contributed by atoms with Crippen molar-refractivity contribution in [3.05, 3.63) is 35.1 Å². The third kappa shape index (κ3) is 3.57. The van der Waals surface area contributed by atoms with Gasteiger partial charge in [0.1, 0.15) is 0 Å². The number of nitrogens with zero attached hydrogens (tertiary/aromatic N) is 1. The number of allylic oxidation sites excluding steroid dienone is 5. The van der Waals surface area contributed by atoms with Crippen LogP contribution in [0.2, 0.25) is 0 Å². The van der Waals surface area contributed by atoms with Crippen molar-refractivity contribution in [2.24, 2.45) is 5.41 Å². The van der Waals surface area contributed by atoms with Gasteiger partial charge in [-0.1, -0.05) is 13.8 Å². The minimum absolute atomic E-state index is 0.0628. The standard InChI is InChI=1S/C17H21NO3/c1-11-5-16(21)12(6-15(11)20)10-18(4)13-7-14(19)9-17(2,3)8-13/h5-7H,8-10H2,1-4H3. The molecule has 2 rings (SSSR count). The summed E-state index contributed by atoms with van der Waals surface area (Å²) >= 11 is 0. The van der Waals surface area contributed by atoms with E-state index in [4.69, 9.17) is 0 Å². The molecule has 0 amide bonds. The predicted octanol–water partition coefficient (Wildman–Crippen LogP) is 2.22. The molecular formula is C17H21NO3. The minimum atomic E-state index is -0.124. The van der Waals surface area contributed by atoms with E-state index in [1.54, 1.807) is 13.0 Å². The van der Waals surface area contributed by atoms with Gasteiger partial charge in [0.15, 0.2) is 17.3 Å². The molecular weight excluding hydrogens is 266 g/mol. The van der Waals surface area contributed by atoms with Gasteiger partial charge in [-0.15, -0.1) is 0 Å². The van der Waals surface area contributed by atoms with Crippen molar-refractivity contribution < 1.29 is 14.4 Å². The lowest BCUT2D eigenvalue weighted by atomic mass is 9.78. The lowest BCUT2D eigenvalue weighted by Crippen LogP contribution is -2.32. The van der Waals surface area contributed by atoms with Gasteiger partial charge in [-0.3, -0.25) is 14.4 Å². The van der Waals surface area contributed by atoms with E-state index in [9.17, 15) is 14.4 Å². The van der Waals surface area contributed by atoms with Crippen LogP contribution in [0.5, 0.6) is 0 Å². The Labute approximate surface area is 125 Å². The third-order valence-electron chi connectivity index (χ3n) is 3.90. The Balaban J connectivity index is 2.14. The highest BCUT2D eigenvalue weighted by atomic mass is 16.1. The summed E-state index contributed by atoms with van der Waals surface area (Å²) in [7, 11) is 1.85. The number of hydrogen-bond donors (Lipinski definition) is 0. The smallest absolute Gasteiger partial charge is 0.184 e. The third-order valence-corrected chi connectivity index (χ3v) is 3.90. The summed E-state index contributed by atoms with van der Waals surface area (Å²) in [5.41, 5.74) is 1.81. The van der Waals surface area contributed by atoms with Crippen molar-refractivity contribution in [3.8, 4) is 0 Å². The average molecular weight is 287 g/mol. The zero-order valence-corrected chi connectivity index (χ0v) is 13.0. The Morgan fingerprint density at radius 2 is 1.71 bits per heavy atom. The average Bonchev–Trinajstić information content (AvgIpc) is 2.33. The van der Waals surface area contributed by atoms with Gasteiger partial charge in [-0.05, 0) is 30.9 Å². The molecule has 0 fully saturated rings. The van der Waals surface area contributed by atoms with Gasteiger partial charge in [-0.25, -0.2) is 0 Å². The molecule has 112 valence electrons. The second-order valence-corrected chi connectivity index (χ2v) is 6.70. The number of likely N-dealkylation sites (N-methyl/N-ethyl adjacent to an activating group) is 1. The summed E-state index contributed by atoms with van der Waals surface area (Å²) in [4.78, 5) is 37.3. The van der Waals surface area contributed by atoms with Crippen LogP contribution < -0.4 is 0 Å². The fourth-order valence-electron chi connectivity index (χ4n) is 2.74. The van der Waals surface area contributed by atoms with E-state index in [1.807, 2.05) is 11.9 Å². The molecule has 2 aliphatic rings. The first kappa shape index (κ1) is 15.4. The van der Waals surface area contributed by atoms with Crippen molar-refractivity contribution in [2.45, 2.75) is 33.6 Å². The van der Waals surface area contributed by atoms with Crippen molar-refractivity contribution >= 4 is 17.3 Å². The van der Waals surface area contributed by atoms with Crippen molar-refractivity contribution in [1.82, 2.24) is 4.90 Å². The van der Waals surface area contributed by atoms with Crippen LogP contribution in [-0.4, -0.2) is 35.8 Å². The van der Waals surface area contributed by atoms with Crippen LogP contribution in [0, 0.1) is 5.41 Å². The molecule has 0 N–H and O–H groups in total. The Kier molecular flexibility index (Phi) is 3.99. The van der Waals surface area contributed by atoms with E-state index >= 15 is 0 Å². The van der Waals surface area contributed by atoms with E-state index in [0.717, 1.165) is 12.1 Å². The highest BCUT2D eigenvalue weighted by molar-refractivity contribution is 6.19. The topological polar surface area (TPSA) is 54.5 Å². The van der Waals surface area contributed by atoms with Gasteiger partial charge in [-0.2, -0.15) is 0 Å². The molecule has 0 bridgehead atoms. The van der Waals surface area contributed by atoms with Crippen LogP contribution in [0.1, 0.15) is 33.6 Å². The zero-order chi connectivity index (χ0) is 15.8. The highest BCUT2D eigenvalue weighted by Crippen LogP contribution is 2.34. The molecule has 4 nitrogen and oxygen atoms in total. The monoisotopic (exact) mass is 287 g/mol. The van der Waals surface area contributed by atoms with E-state index in [1.165, 1.54) is 12.2 Å². The normalized spacial score (nSPS) is 21.7. The Morgan fingerprint density at radius 1 is 1.05 bits per heavy atom. The van der Waals surface area contributed by atoms with Gasteiger partial charge in [0.25, 0.3) is 0 Å². The Morgan fingerprint density at radius 3 is 2.33 bits per heavy atom. The molecule has 4 heteroatoms. The largest absolute Gasteiger partial charge is 0.373 e. The van der Waals surface area contributed by atoms with Crippen LogP contribution in [0.25, 0.3) is 0 Å². The van der Waals surface area contributed by atoms with Crippen LogP contribution in [0.15, 0.2) is 35.1 Å². The maximum Gasteiger partial charge on any atom is 0.184 e. The molecule has 21 heavy (non-hydrogen) atoms. The molecule has 0 aliphatic heterocycles. The molecule has 2 aliphatic carbocycles. The van der Waals surface area contributed by atoms with Crippen LogP contribution >= 0.6 is 0 Å². The van der Waals surface area contributed by atoms with Gasteiger partial charge in [0, 0.05) is 42.9 Å². The zero-order valence-electron chi connectivity index (χ0n) is 13.0. The molecule has 0 radical (unpaired) electrons. The van der Waals surface area contributed by atoms with E-state index < -0.39 is 0 Å². The molecule has 0 saturated heterocycles. The van der Waals surface area contributed by atoms with Crippen molar-refractivity contribution in [1.29, 1.82) is 0 Å². The second kappa shape index (κ2) is 5.43. The quantitative estimate of drug-likeness (QED) is 0.747. The summed E-state index contributed by atoms with van der Waals surface area (Å²) < 4.78 is 0. The molecule has 0 atom stereocenters. The van der Waals surface area contributed by atoms with Gasteiger partial charge < -0.3 is 4.90 Å². The molecule has 0 aromatic carbocycles. The fraction of sp³-hybridized carbons (Fsp3) is 0.471. The van der Waals surface area contributed by atoms with Gasteiger partial charge >= 0.3 is 0 Å². The summed E-state index contributed by atoms with van der Waals surface area (Å²) in [5.74, 6) is -0.128. The lowest BCUT2D eigenvalue weighted by Gasteiger charge is -2.34. The summed E-state index contributed by atoms with van der Waals surface area (Å²) in [6.07, 6.45) is 5.79. The molecule has 0 aromatic heterocycles. The number of hydrogen-bond acceptors (Lipinski definition) is 4. The Hall–Kier alpha value is -1.97. The first-order valence-corrected chi connectivity index (χ1v) is 7.10. The maximum absolute atomic E-state index is 12.0. The number of ketones is 3. The number of carbonyl (C=O) groups is 3. The van der Waals surface area contributed by atoms with Crippen molar-refractivity contribution in [3.63, 3.8) is 0 Å². The molecule has 0 heterocycles. The van der Waals surface area contributed by atoms with E-state index in [2.05, 4.69) is 13.8 Å². The van der Waals surface area contributed by atoms with Gasteiger partial charge in [0.2, 0.25) is 0 Å². The van der Waals surface area contributed by atoms with E-state index in [-0.39, 0.29) is 22.8 Å². The first-order valence-electron chi connectivity index (χ1n) is 7.10. The molecule has 0 unspecified atom stereocenters. The van der Waals surface area contributed by atoms with Crippen LogP contribution in [0.3, 0.4) is 0 Å². The summed E-state index contributed by atoms with van der Waals surface area (Å²) in [6.45, 7) is 6.12. The van der Waals surface area contributed by atoms with Crippen LogP contribution in [-0.2, 0) is 14.4 Å². The number of carbonyl (C=O) groups excluding carboxylic acids is 3. The number of rotatable bonds is 3. The predicted molar refractivity (Wildman–Crippen MR) is 80.6 cm³/mol. The van der Waals surface area contributed by atoms with E-state index in [0.29, 0.717) is 24.1 Å². The SMILES string of the molecule is CC1=CC(=O)C(CN(C)C2=CC(=O)CC(C)(C)C2)=CC1=O. The first-order chi connectivity index (χ1) is 9.68. The maximum atomic E-state index is 12.0. The molecule has 0 aromatic rings. The molecule has 0 saturated carbocycles.